The predicted molar refractivity (Wildman–Crippen MR) is 135 cm³/mol. The average molecular weight is 454 g/mol. The van der Waals surface area contributed by atoms with Gasteiger partial charge in [0.1, 0.15) is 5.82 Å². The number of aryl methyl sites for hydroxylation is 1. The minimum Gasteiger partial charge on any atom is -0.368 e. The van der Waals surface area contributed by atoms with Gasteiger partial charge in [-0.3, -0.25) is 9.78 Å². The molecule has 4 aromatic rings. The number of fused-ring (bicyclic) bond motifs is 2. The molecular weight excluding hydrogens is 426 g/mol. The number of benzene rings is 1. The standard InChI is InChI=1S/C26H27N7O/c1-16-3-5-18-19(13-27-21(18)11-16)25-20-14-30-26(34)24(20)22(15-29-25)31-23-6-4-17(12-28-23)33-9-7-32(2)8-10-33/h3-6,11-13,15,27H,7-10,14H2,1-2H3,(H,28,31)(H,30,34). The number of rotatable bonds is 4. The van der Waals surface area contributed by atoms with E-state index in [1.54, 1.807) is 6.20 Å². The zero-order chi connectivity index (χ0) is 23.2. The van der Waals surface area contributed by atoms with Gasteiger partial charge in [0.05, 0.1) is 35.0 Å². The summed E-state index contributed by atoms with van der Waals surface area (Å²) in [4.78, 5) is 30.2. The summed E-state index contributed by atoms with van der Waals surface area (Å²) >= 11 is 0. The van der Waals surface area contributed by atoms with Crippen LogP contribution in [-0.2, 0) is 6.54 Å². The summed E-state index contributed by atoms with van der Waals surface area (Å²) in [5.41, 5.74) is 7.42. The second kappa shape index (κ2) is 8.14. The highest BCUT2D eigenvalue weighted by molar-refractivity contribution is 6.07. The van der Waals surface area contributed by atoms with Crippen LogP contribution in [0.4, 0.5) is 17.2 Å². The van der Waals surface area contributed by atoms with Gasteiger partial charge in [0, 0.05) is 61.0 Å². The number of carbonyl (C=O) groups is 1. The predicted octanol–water partition coefficient (Wildman–Crippen LogP) is 3.67. The minimum absolute atomic E-state index is 0.0918. The fourth-order valence-corrected chi connectivity index (χ4v) is 4.85. The van der Waals surface area contributed by atoms with E-state index in [1.165, 1.54) is 5.56 Å². The number of aromatic amines is 1. The van der Waals surface area contributed by atoms with Crippen LogP contribution < -0.4 is 15.5 Å². The summed E-state index contributed by atoms with van der Waals surface area (Å²) in [7, 11) is 2.15. The van der Waals surface area contributed by atoms with Gasteiger partial charge >= 0.3 is 0 Å². The Morgan fingerprint density at radius 2 is 1.88 bits per heavy atom. The van der Waals surface area contributed by atoms with Crippen LogP contribution in [0.25, 0.3) is 22.2 Å². The third kappa shape index (κ3) is 3.56. The van der Waals surface area contributed by atoms with E-state index in [1.807, 2.05) is 18.5 Å². The lowest BCUT2D eigenvalue weighted by Crippen LogP contribution is -2.44. The largest absolute Gasteiger partial charge is 0.368 e. The van der Waals surface area contributed by atoms with Crippen molar-refractivity contribution in [3.8, 4) is 11.3 Å². The van der Waals surface area contributed by atoms with E-state index in [4.69, 9.17) is 4.98 Å². The molecule has 1 saturated heterocycles. The Bertz CT molecular complexity index is 1380. The van der Waals surface area contributed by atoms with Crippen LogP contribution in [0.3, 0.4) is 0 Å². The van der Waals surface area contributed by atoms with Gasteiger partial charge in [-0.1, -0.05) is 12.1 Å². The SMILES string of the molecule is Cc1ccc2c(-c3ncc(Nc4ccc(N5CCN(C)CC5)cn4)c4c3CNC4=O)c[nH]c2c1. The van der Waals surface area contributed by atoms with Gasteiger partial charge in [0.15, 0.2) is 0 Å². The van der Waals surface area contributed by atoms with Gasteiger partial charge in [-0.25, -0.2) is 4.98 Å². The maximum absolute atomic E-state index is 12.8. The van der Waals surface area contributed by atoms with Gasteiger partial charge in [0.2, 0.25) is 0 Å². The van der Waals surface area contributed by atoms with Crippen LogP contribution in [0.15, 0.2) is 48.9 Å². The van der Waals surface area contributed by atoms with Crippen LogP contribution in [0.1, 0.15) is 21.5 Å². The first-order valence-corrected chi connectivity index (χ1v) is 11.6. The molecule has 172 valence electrons. The number of anilines is 3. The molecule has 2 aliphatic rings. The van der Waals surface area contributed by atoms with Crippen LogP contribution in [0, 0.1) is 6.92 Å². The van der Waals surface area contributed by atoms with Crippen molar-refractivity contribution < 1.29 is 4.79 Å². The van der Waals surface area contributed by atoms with E-state index in [0.29, 0.717) is 23.6 Å². The van der Waals surface area contributed by atoms with E-state index in [0.717, 1.165) is 59.6 Å². The number of hydrogen-bond donors (Lipinski definition) is 3. The molecule has 8 nitrogen and oxygen atoms in total. The number of nitrogens with zero attached hydrogens (tertiary/aromatic N) is 4. The van der Waals surface area contributed by atoms with Crippen molar-refractivity contribution in [3.05, 3.63) is 65.6 Å². The molecule has 1 amide bonds. The maximum Gasteiger partial charge on any atom is 0.254 e. The molecule has 1 aromatic carbocycles. The van der Waals surface area contributed by atoms with Crippen molar-refractivity contribution in [2.75, 3.05) is 43.4 Å². The Morgan fingerprint density at radius 3 is 2.68 bits per heavy atom. The second-order valence-electron chi connectivity index (χ2n) is 9.13. The van der Waals surface area contributed by atoms with Gasteiger partial charge in [-0.2, -0.15) is 0 Å². The molecule has 0 saturated carbocycles. The quantitative estimate of drug-likeness (QED) is 0.437. The molecule has 0 radical (unpaired) electrons. The monoisotopic (exact) mass is 453 g/mol. The molecule has 3 N–H and O–H groups in total. The molecule has 0 aliphatic carbocycles. The molecule has 34 heavy (non-hydrogen) atoms. The number of aromatic nitrogens is 3. The molecular formula is C26H27N7O. The second-order valence-corrected chi connectivity index (χ2v) is 9.13. The number of H-pyrrole nitrogens is 1. The number of piperazine rings is 1. The number of carbonyl (C=O) groups excluding carboxylic acids is 1. The summed E-state index contributed by atoms with van der Waals surface area (Å²) in [6, 6.07) is 10.4. The number of pyridine rings is 2. The van der Waals surface area contributed by atoms with E-state index >= 15 is 0 Å². The Kier molecular flexibility index (Phi) is 4.95. The van der Waals surface area contributed by atoms with E-state index in [-0.39, 0.29) is 5.91 Å². The van der Waals surface area contributed by atoms with Gasteiger partial charge in [-0.15, -0.1) is 0 Å². The lowest BCUT2D eigenvalue weighted by Gasteiger charge is -2.33. The van der Waals surface area contributed by atoms with E-state index in [2.05, 4.69) is 68.6 Å². The Hall–Kier alpha value is -3.91. The van der Waals surface area contributed by atoms with Crippen molar-refractivity contribution in [1.82, 2.24) is 25.2 Å². The maximum atomic E-state index is 12.8. The summed E-state index contributed by atoms with van der Waals surface area (Å²) in [5.74, 6) is 0.600. The molecule has 0 atom stereocenters. The van der Waals surface area contributed by atoms with Gasteiger partial charge in [-0.05, 0) is 37.7 Å². The molecule has 6 rings (SSSR count). The van der Waals surface area contributed by atoms with E-state index in [9.17, 15) is 4.79 Å². The highest BCUT2D eigenvalue weighted by Crippen LogP contribution is 2.36. The van der Waals surface area contributed by atoms with Gasteiger partial charge < -0.3 is 25.4 Å². The van der Waals surface area contributed by atoms with Crippen molar-refractivity contribution in [1.29, 1.82) is 0 Å². The summed E-state index contributed by atoms with van der Waals surface area (Å²) in [6.07, 6.45) is 5.60. The fourth-order valence-electron chi connectivity index (χ4n) is 4.85. The topological polar surface area (TPSA) is 89.2 Å². The smallest absolute Gasteiger partial charge is 0.254 e. The van der Waals surface area contributed by atoms with Crippen LogP contribution >= 0.6 is 0 Å². The van der Waals surface area contributed by atoms with Crippen LogP contribution in [0.2, 0.25) is 0 Å². The molecule has 0 spiro atoms. The first-order chi connectivity index (χ1) is 16.6. The highest BCUT2D eigenvalue weighted by atomic mass is 16.1. The molecule has 2 aliphatic heterocycles. The van der Waals surface area contributed by atoms with E-state index < -0.39 is 0 Å². The number of nitrogens with one attached hydrogen (secondary N) is 3. The average Bonchev–Trinajstić information content (AvgIpc) is 3.44. The zero-order valence-corrected chi connectivity index (χ0v) is 19.4. The first kappa shape index (κ1) is 20.7. The number of amides is 1. The van der Waals surface area contributed by atoms with Crippen LogP contribution in [-0.4, -0.2) is 59.0 Å². The minimum atomic E-state index is -0.0918. The first-order valence-electron chi connectivity index (χ1n) is 11.6. The molecule has 5 heterocycles. The Labute approximate surface area is 198 Å². The Morgan fingerprint density at radius 1 is 1.03 bits per heavy atom. The summed E-state index contributed by atoms with van der Waals surface area (Å²) < 4.78 is 0. The van der Waals surface area contributed by atoms with Crippen molar-refractivity contribution in [3.63, 3.8) is 0 Å². The van der Waals surface area contributed by atoms with Gasteiger partial charge in [0.25, 0.3) is 5.91 Å². The Balaban J connectivity index is 1.31. The zero-order valence-electron chi connectivity index (χ0n) is 19.4. The number of hydrogen-bond acceptors (Lipinski definition) is 6. The lowest BCUT2D eigenvalue weighted by molar-refractivity contribution is 0.0966. The molecule has 3 aromatic heterocycles. The molecule has 8 heteroatoms. The van der Waals surface area contributed by atoms with Crippen molar-refractivity contribution in [2.24, 2.45) is 0 Å². The highest BCUT2D eigenvalue weighted by Gasteiger charge is 2.28. The van der Waals surface area contributed by atoms with Crippen LogP contribution in [0.5, 0.6) is 0 Å². The lowest BCUT2D eigenvalue weighted by atomic mass is 10.0. The third-order valence-electron chi connectivity index (χ3n) is 6.80. The summed E-state index contributed by atoms with van der Waals surface area (Å²) in [6.45, 7) is 6.63. The summed E-state index contributed by atoms with van der Waals surface area (Å²) in [5, 5.41) is 7.38. The molecule has 0 unspecified atom stereocenters. The third-order valence-corrected chi connectivity index (χ3v) is 6.80. The number of likely N-dealkylation sites (N-methyl/N-ethyl adjacent to an activating group) is 1. The van der Waals surface area contributed by atoms with Crippen molar-refractivity contribution in [2.45, 2.75) is 13.5 Å². The molecule has 1 fully saturated rings. The fraction of sp³-hybridized carbons (Fsp3) is 0.269. The van der Waals surface area contributed by atoms with Crippen molar-refractivity contribution >= 4 is 34.0 Å². The molecule has 0 bridgehead atoms. The normalized spacial score (nSPS) is 16.1.